The van der Waals surface area contributed by atoms with Crippen molar-refractivity contribution in [2.24, 2.45) is 0 Å². The molecule has 3 heterocycles. The maximum Gasteiger partial charge on any atom is 0.247 e. The van der Waals surface area contributed by atoms with Gasteiger partial charge in [0.15, 0.2) is 5.65 Å². The summed E-state index contributed by atoms with van der Waals surface area (Å²) >= 11 is 0. The van der Waals surface area contributed by atoms with E-state index in [1.807, 2.05) is 0 Å². The van der Waals surface area contributed by atoms with E-state index in [2.05, 4.69) is 39.4 Å². The van der Waals surface area contributed by atoms with Crippen molar-refractivity contribution in [3.63, 3.8) is 0 Å². The first-order valence-electron chi connectivity index (χ1n) is 10.1. The highest BCUT2D eigenvalue weighted by Crippen LogP contribution is 2.31. The van der Waals surface area contributed by atoms with Crippen LogP contribution in [-0.4, -0.2) is 57.4 Å². The van der Waals surface area contributed by atoms with Gasteiger partial charge >= 0.3 is 0 Å². The van der Waals surface area contributed by atoms with E-state index < -0.39 is 0 Å². The van der Waals surface area contributed by atoms with Gasteiger partial charge in [-0.15, -0.1) is 6.42 Å². The van der Waals surface area contributed by atoms with Crippen LogP contribution in [0, 0.1) is 24.2 Å². The number of nitrogens with two attached hydrogens (primary N) is 1. The topological polar surface area (TPSA) is 108 Å². The Kier molecular flexibility index (Phi) is 5.88. The van der Waals surface area contributed by atoms with Crippen molar-refractivity contribution in [3.05, 3.63) is 48.4 Å². The number of anilines is 1. The van der Waals surface area contributed by atoms with Gasteiger partial charge in [0.25, 0.3) is 0 Å². The molecule has 0 spiro atoms. The number of rotatable bonds is 4. The Bertz CT molecular complexity index is 1320. The van der Waals surface area contributed by atoms with Crippen molar-refractivity contribution < 1.29 is 14.3 Å². The molecule has 2 aromatic heterocycles. The van der Waals surface area contributed by atoms with Crippen LogP contribution in [0.5, 0.6) is 11.5 Å². The summed E-state index contributed by atoms with van der Waals surface area (Å²) in [5, 5.41) is 5.23. The minimum absolute atomic E-state index is 0.195. The number of carbonyl (C=O) groups is 1. The Morgan fingerprint density at radius 3 is 2.61 bits per heavy atom. The van der Waals surface area contributed by atoms with Crippen molar-refractivity contribution in [3.8, 4) is 35.7 Å². The van der Waals surface area contributed by atoms with Gasteiger partial charge in [-0.3, -0.25) is 4.79 Å². The predicted molar refractivity (Wildman–Crippen MR) is 123 cm³/mol. The van der Waals surface area contributed by atoms with Crippen molar-refractivity contribution >= 4 is 22.8 Å². The van der Waals surface area contributed by atoms with Crippen molar-refractivity contribution in [1.29, 1.82) is 0 Å². The van der Waals surface area contributed by atoms with Crippen molar-refractivity contribution in [2.45, 2.75) is 18.5 Å². The van der Waals surface area contributed by atoms with Crippen LogP contribution in [0.15, 0.2) is 37.2 Å². The van der Waals surface area contributed by atoms with Gasteiger partial charge in [-0.05, 0) is 24.1 Å². The van der Waals surface area contributed by atoms with E-state index in [9.17, 15) is 4.79 Å². The molecule has 1 amide bonds. The molecule has 2 N–H and O–H groups in total. The number of hydrogen-bond donors (Lipinski definition) is 1. The highest BCUT2D eigenvalue weighted by Gasteiger charge is 2.36. The molecule has 0 bridgehead atoms. The number of terminal acetylenes is 1. The standard InChI is InChI=1S/C24H22N6O3/c1-5-16-11-17(13-29(16)21(31)6-2)30-24-22(23(25)26-14-27-24)20(28-30)8-7-15-9-18(32-3)12-19(10-15)33-4/h1,6,9-10,12,14,16-17H,2,11,13H2,3-4H3,(H2,25,26,27). The number of fused-ring (bicyclic) bond motifs is 1. The van der Waals surface area contributed by atoms with Gasteiger partial charge < -0.3 is 20.1 Å². The molecule has 0 aliphatic carbocycles. The average Bonchev–Trinajstić information content (AvgIpc) is 3.44. The Labute approximate surface area is 191 Å². The maximum absolute atomic E-state index is 12.2. The Morgan fingerprint density at radius 2 is 1.97 bits per heavy atom. The molecule has 1 aliphatic rings. The van der Waals surface area contributed by atoms with Crippen LogP contribution in [0.3, 0.4) is 0 Å². The number of methoxy groups -OCH3 is 2. The van der Waals surface area contributed by atoms with E-state index in [1.54, 1.807) is 42.0 Å². The SMILES string of the molecule is C#CC1CC(n2nc(C#Cc3cc(OC)cc(OC)c3)c3c(N)ncnc32)CN1C(=O)C=C. The highest BCUT2D eigenvalue weighted by atomic mass is 16.5. The summed E-state index contributed by atoms with van der Waals surface area (Å²) in [5.41, 5.74) is 7.80. The van der Waals surface area contributed by atoms with Gasteiger partial charge in [0, 0.05) is 24.6 Å². The summed E-state index contributed by atoms with van der Waals surface area (Å²) in [5.74, 6) is 10.1. The lowest BCUT2D eigenvalue weighted by Crippen LogP contribution is -2.33. The van der Waals surface area contributed by atoms with Crippen LogP contribution in [0.1, 0.15) is 23.7 Å². The fourth-order valence-corrected chi connectivity index (χ4v) is 3.86. The van der Waals surface area contributed by atoms with Crippen LogP contribution in [0.25, 0.3) is 11.0 Å². The Balaban J connectivity index is 1.78. The van der Waals surface area contributed by atoms with E-state index in [-0.39, 0.29) is 23.8 Å². The molecule has 9 heteroatoms. The number of nitrogen functional groups attached to an aromatic ring is 1. The molecular weight excluding hydrogens is 420 g/mol. The third-order valence-corrected chi connectivity index (χ3v) is 5.47. The van der Waals surface area contributed by atoms with Gasteiger partial charge in [0.05, 0.1) is 31.7 Å². The van der Waals surface area contributed by atoms with Crippen LogP contribution >= 0.6 is 0 Å². The number of nitrogens with zero attached hydrogens (tertiary/aromatic N) is 5. The molecule has 2 atom stereocenters. The Morgan fingerprint density at radius 1 is 1.24 bits per heavy atom. The van der Waals surface area contributed by atoms with Crippen molar-refractivity contribution in [1.82, 2.24) is 24.6 Å². The number of carbonyl (C=O) groups excluding carboxylic acids is 1. The molecule has 1 saturated heterocycles. The van der Waals surface area contributed by atoms with Gasteiger partial charge in [-0.2, -0.15) is 5.10 Å². The van der Waals surface area contributed by atoms with Crippen molar-refractivity contribution in [2.75, 3.05) is 26.5 Å². The highest BCUT2D eigenvalue weighted by molar-refractivity contribution is 5.91. The lowest BCUT2D eigenvalue weighted by atomic mass is 10.2. The first-order valence-corrected chi connectivity index (χ1v) is 10.1. The lowest BCUT2D eigenvalue weighted by Gasteiger charge is -2.18. The average molecular weight is 442 g/mol. The monoisotopic (exact) mass is 442 g/mol. The minimum Gasteiger partial charge on any atom is -0.497 e. The van der Waals surface area contributed by atoms with Gasteiger partial charge in [-0.25, -0.2) is 14.6 Å². The lowest BCUT2D eigenvalue weighted by molar-refractivity contribution is -0.126. The summed E-state index contributed by atoms with van der Waals surface area (Å²) in [7, 11) is 3.15. The number of benzene rings is 1. The molecule has 2 unspecified atom stereocenters. The molecule has 33 heavy (non-hydrogen) atoms. The zero-order valence-electron chi connectivity index (χ0n) is 18.3. The van der Waals surface area contributed by atoms with Crippen LogP contribution < -0.4 is 15.2 Å². The Hall–Kier alpha value is -4.50. The number of aromatic nitrogens is 4. The molecule has 0 saturated carbocycles. The molecule has 9 nitrogen and oxygen atoms in total. The van der Waals surface area contributed by atoms with Gasteiger partial charge in [-0.1, -0.05) is 18.4 Å². The van der Waals surface area contributed by atoms with Crippen LogP contribution in [-0.2, 0) is 4.79 Å². The third kappa shape index (κ3) is 4.04. The largest absolute Gasteiger partial charge is 0.497 e. The molecule has 166 valence electrons. The summed E-state index contributed by atoms with van der Waals surface area (Å²) < 4.78 is 12.3. The smallest absolute Gasteiger partial charge is 0.247 e. The van der Waals surface area contributed by atoms with Crippen LogP contribution in [0.4, 0.5) is 5.82 Å². The van der Waals surface area contributed by atoms with Gasteiger partial charge in [0.1, 0.15) is 29.3 Å². The molecular formula is C24H22N6O3. The third-order valence-electron chi connectivity index (χ3n) is 5.47. The number of hydrogen-bond acceptors (Lipinski definition) is 7. The maximum atomic E-state index is 12.2. The van der Waals surface area contributed by atoms with E-state index in [0.29, 0.717) is 46.8 Å². The molecule has 1 aromatic carbocycles. The second kappa shape index (κ2) is 8.93. The van der Waals surface area contributed by atoms with Crippen LogP contribution in [0.2, 0.25) is 0 Å². The number of amides is 1. The zero-order valence-corrected chi connectivity index (χ0v) is 18.3. The van der Waals surface area contributed by atoms with E-state index >= 15 is 0 Å². The fraction of sp³-hybridized carbons (Fsp3) is 0.250. The molecule has 3 aromatic rings. The molecule has 0 radical (unpaired) electrons. The molecule has 1 fully saturated rings. The second-order valence-electron chi connectivity index (χ2n) is 7.37. The number of likely N-dealkylation sites (tertiary alicyclic amines) is 1. The molecule has 1 aliphatic heterocycles. The van der Waals surface area contributed by atoms with E-state index in [4.69, 9.17) is 21.6 Å². The predicted octanol–water partition coefficient (Wildman–Crippen LogP) is 1.79. The second-order valence-corrected chi connectivity index (χ2v) is 7.37. The summed E-state index contributed by atoms with van der Waals surface area (Å²) in [4.78, 5) is 22.3. The first kappa shape index (κ1) is 21.7. The molecule has 4 rings (SSSR count). The van der Waals surface area contributed by atoms with E-state index in [0.717, 1.165) is 0 Å². The fourth-order valence-electron chi connectivity index (χ4n) is 3.86. The summed E-state index contributed by atoms with van der Waals surface area (Å²) in [6.07, 6.45) is 8.82. The van der Waals surface area contributed by atoms with Gasteiger partial charge in [0.2, 0.25) is 5.91 Å². The first-order chi connectivity index (χ1) is 16.0. The quantitative estimate of drug-likeness (QED) is 0.485. The normalized spacial score (nSPS) is 17.2. The van der Waals surface area contributed by atoms with E-state index in [1.165, 1.54) is 12.4 Å². The summed E-state index contributed by atoms with van der Waals surface area (Å²) in [6.45, 7) is 3.93. The number of ether oxygens (including phenoxy) is 2. The minimum atomic E-state index is -0.363. The summed E-state index contributed by atoms with van der Waals surface area (Å²) in [6, 6.07) is 4.79. The zero-order chi connectivity index (χ0) is 23.5.